The molecule has 0 amide bonds. The summed E-state index contributed by atoms with van der Waals surface area (Å²) in [6.07, 6.45) is 3.67. The minimum atomic E-state index is -0.396. The van der Waals surface area contributed by atoms with Crippen LogP contribution in [0.25, 0.3) is 0 Å². The Morgan fingerprint density at radius 3 is 2.47 bits per heavy atom. The van der Waals surface area contributed by atoms with Crippen molar-refractivity contribution in [3.8, 4) is 0 Å². The van der Waals surface area contributed by atoms with Crippen molar-refractivity contribution < 1.29 is 9.84 Å². The van der Waals surface area contributed by atoms with Crippen molar-refractivity contribution in [2.24, 2.45) is 17.8 Å². The normalized spacial score (nSPS) is 30.0. The minimum absolute atomic E-state index is 0.331. The standard InChI is InChI=1S/C16H33NO2/c1-11(2)15-7-6-13(5)8-16(15)19-10-14(18)9-17-12(3)4/h11-18H,6-10H2,1-5H3/t13-,14+,15+,16+/m0/s1. The number of aliphatic hydroxyl groups excluding tert-OH is 1. The molecule has 0 aliphatic heterocycles. The molecule has 0 saturated heterocycles. The Morgan fingerprint density at radius 1 is 1.21 bits per heavy atom. The fourth-order valence-electron chi connectivity index (χ4n) is 2.97. The molecule has 3 heteroatoms. The SMILES string of the molecule is CC(C)NC[C@@H](O)CO[C@@H]1C[C@@H](C)CC[C@@H]1C(C)C. The number of nitrogens with one attached hydrogen (secondary N) is 1. The topological polar surface area (TPSA) is 41.5 Å². The molecule has 0 heterocycles. The van der Waals surface area contributed by atoms with Crippen LogP contribution in [0.2, 0.25) is 0 Å². The molecule has 1 aliphatic carbocycles. The largest absolute Gasteiger partial charge is 0.389 e. The summed E-state index contributed by atoms with van der Waals surface area (Å²) in [5.41, 5.74) is 0. The second-order valence-electron chi connectivity index (χ2n) is 6.91. The molecule has 0 spiro atoms. The van der Waals surface area contributed by atoms with Crippen LogP contribution < -0.4 is 5.32 Å². The highest BCUT2D eigenvalue weighted by Crippen LogP contribution is 2.35. The third-order valence-electron chi connectivity index (χ3n) is 4.23. The summed E-state index contributed by atoms with van der Waals surface area (Å²) in [6, 6.07) is 0.410. The first-order chi connectivity index (χ1) is 8.90. The molecule has 0 bridgehead atoms. The van der Waals surface area contributed by atoms with Gasteiger partial charge in [-0.1, -0.05) is 41.0 Å². The van der Waals surface area contributed by atoms with Gasteiger partial charge in [0, 0.05) is 12.6 Å². The Labute approximate surface area is 119 Å². The first kappa shape index (κ1) is 16.9. The number of aliphatic hydroxyl groups is 1. The van der Waals surface area contributed by atoms with Gasteiger partial charge in [0.25, 0.3) is 0 Å². The van der Waals surface area contributed by atoms with Crippen molar-refractivity contribution in [2.45, 2.75) is 72.1 Å². The lowest BCUT2D eigenvalue weighted by Crippen LogP contribution is -2.39. The summed E-state index contributed by atoms with van der Waals surface area (Å²) in [4.78, 5) is 0. The number of rotatable bonds is 7. The smallest absolute Gasteiger partial charge is 0.0897 e. The van der Waals surface area contributed by atoms with Crippen molar-refractivity contribution >= 4 is 0 Å². The first-order valence-electron chi connectivity index (χ1n) is 7.93. The molecule has 1 aliphatic rings. The van der Waals surface area contributed by atoms with Gasteiger partial charge in [-0.05, 0) is 30.6 Å². The van der Waals surface area contributed by atoms with Gasteiger partial charge in [-0.15, -0.1) is 0 Å². The zero-order valence-corrected chi connectivity index (χ0v) is 13.4. The Morgan fingerprint density at radius 2 is 1.89 bits per heavy atom. The van der Waals surface area contributed by atoms with Gasteiger partial charge in [0.05, 0.1) is 18.8 Å². The lowest BCUT2D eigenvalue weighted by molar-refractivity contribution is -0.0684. The summed E-state index contributed by atoms with van der Waals surface area (Å²) in [5.74, 6) is 2.08. The van der Waals surface area contributed by atoms with E-state index in [-0.39, 0.29) is 0 Å². The fraction of sp³-hybridized carbons (Fsp3) is 1.00. The molecule has 0 aromatic carbocycles. The van der Waals surface area contributed by atoms with Gasteiger partial charge in [0.2, 0.25) is 0 Å². The van der Waals surface area contributed by atoms with E-state index in [0.717, 1.165) is 12.3 Å². The van der Waals surface area contributed by atoms with Crippen LogP contribution in [0, 0.1) is 17.8 Å². The average molecular weight is 271 g/mol. The van der Waals surface area contributed by atoms with Gasteiger partial charge in [-0.2, -0.15) is 0 Å². The van der Waals surface area contributed by atoms with Crippen molar-refractivity contribution in [1.29, 1.82) is 0 Å². The van der Waals surface area contributed by atoms with Gasteiger partial charge in [0.1, 0.15) is 0 Å². The van der Waals surface area contributed by atoms with E-state index in [0.29, 0.717) is 37.1 Å². The molecule has 0 aromatic rings. The predicted octanol–water partition coefficient (Wildman–Crippen LogP) is 2.82. The molecule has 1 fully saturated rings. The molecular formula is C16H33NO2. The van der Waals surface area contributed by atoms with Crippen LogP contribution in [-0.4, -0.2) is 36.5 Å². The highest BCUT2D eigenvalue weighted by atomic mass is 16.5. The van der Waals surface area contributed by atoms with Gasteiger partial charge in [-0.25, -0.2) is 0 Å². The summed E-state index contributed by atoms with van der Waals surface area (Å²) in [7, 11) is 0. The number of ether oxygens (including phenoxy) is 1. The van der Waals surface area contributed by atoms with Crippen LogP contribution in [0.1, 0.15) is 53.9 Å². The van der Waals surface area contributed by atoms with Crippen molar-refractivity contribution in [3.05, 3.63) is 0 Å². The molecule has 3 nitrogen and oxygen atoms in total. The highest BCUT2D eigenvalue weighted by Gasteiger charge is 2.31. The maximum Gasteiger partial charge on any atom is 0.0897 e. The van der Waals surface area contributed by atoms with Crippen molar-refractivity contribution in [2.75, 3.05) is 13.2 Å². The Bertz CT molecular complexity index is 243. The molecule has 1 saturated carbocycles. The molecule has 19 heavy (non-hydrogen) atoms. The Kier molecular flexibility index (Phi) is 7.33. The fourth-order valence-corrected chi connectivity index (χ4v) is 2.97. The molecule has 4 atom stereocenters. The van der Waals surface area contributed by atoms with E-state index in [4.69, 9.17) is 4.74 Å². The monoisotopic (exact) mass is 271 g/mol. The van der Waals surface area contributed by atoms with E-state index >= 15 is 0 Å². The van der Waals surface area contributed by atoms with E-state index in [1.54, 1.807) is 0 Å². The second-order valence-corrected chi connectivity index (χ2v) is 6.91. The summed E-state index contributed by atoms with van der Waals surface area (Å²) in [6.45, 7) is 12.1. The molecule has 1 rings (SSSR count). The molecule has 0 unspecified atom stereocenters. The Hall–Kier alpha value is -0.120. The second kappa shape index (κ2) is 8.23. The van der Waals surface area contributed by atoms with E-state index in [9.17, 15) is 5.11 Å². The zero-order chi connectivity index (χ0) is 14.4. The quantitative estimate of drug-likeness (QED) is 0.748. The summed E-state index contributed by atoms with van der Waals surface area (Å²) in [5, 5.41) is 13.2. The molecular weight excluding hydrogens is 238 g/mol. The van der Waals surface area contributed by atoms with Crippen LogP contribution in [0.5, 0.6) is 0 Å². The zero-order valence-electron chi connectivity index (χ0n) is 13.4. The van der Waals surface area contributed by atoms with Crippen LogP contribution in [0.15, 0.2) is 0 Å². The molecule has 0 radical (unpaired) electrons. The number of hydrogen-bond donors (Lipinski definition) is 2. The highest BCUT2D eigenvalue weighted by molar-refractivity contribution is 4.81. The van der Waals surface area contributed by atoms with Crippen LogP contribution in [0.3, 0.4) is 0 Å². The lowest BCUT2D eigenvalue weighted by atomic mass is 9.75. The van der Waals surface area contributed by atoms with Crippen molar-refractivity contribution in [3.63, 3.8) is 0 Å². The number of hydrogen-bond acceptors (Lipinski definition) is 3. The first-order valence-corrected chi connectivity index (χ1v) is 7.93. The van der Waals surface area contributed by atoms with Gasteiger partial charge >= 0.3 is 0 Å². The van der Waals surface area contributed by atoms with E-state index in [2.05, 4.69) is 39.9 Å². The lowest BCUT2D eigenvalue weighted by Gasteiger charge is -2.37. The molecule has 114 valence electrons. The predicted molar refractivity (Wildman–Crippen MR) is 80.2 cm³/mol. The van der Waals surface area contributed by atoms with Gasteiger partial charge < -0.3 is 15.2 Å². The van der Waals surface area contributed by atoms with Gasteiger partial charge in [0.15, 0.2) is 0 Å². The van der Waals surface area contributed by atoms with E-state index < -0.39 is 6.10 Å². The van der Waals surface area contributed by atoms with Gasteiger partial charge in [-0.3, -0.25) is 0 Å². The van der Waals surface area contributed by atoms with Crippen LogP contribution in [0.4, 0.5) is 0 Å². The average Bonchev–Trinajstić information content (AvgIpc) is 2.33. The Balaban J connectivity index is 2.35. The van der Waals surface area contributed by atoms with E-state index in [1.165, 1.54) is 12.8 Å². The maximum atomic E-state index is 9.93. The van der Waals surface area contributed by atoms with Crippen molar-refractivity contribution in [1.82, 2.24) is 5.32 Å². The van der Waals surface area contributed by atoms with Crippen LogP contribution in [-0.2, 0) is 4.74 Å². The summed E-state index contributed by atoms with van der Waals surface area (Å²) < 4.78 is 6.03. The third-order valence-corrected chi connectivity index (χ3v) is 4.23. The molecule has 2 N–H and O–H groups in total. The van der Waals surface area contributed by atoms with E-state index in [1.807, 2.05) is 0 Å². The maximum absolute atomic E-state index is 9.93. The molecule has 0 aromatic heterocycles. The minimum Gasteiger partial charge on any atom is -0.389 e. The van der Waals surface area contributed by atoms with Crippen LogP contribution >= 0.6 is 0 Å². The summed E-state index contributed by atoms with van der Waals surface area (Å²) >= 11 is 0. The third kappa shape index (κ3) is 6.24.